The Morgan fingerprint density at radius 1 is 1.47 bits per heavy atom. The fourth-order valence-electron chi connectivity index (χ4n) is 1.43. The molecule has 0 aliphatic rings. The minimum atomic E-state index is -0.212. The maximum Gasteiger partial charge on any atom is 0.137 e. The van der Waals surface area contributed by atoms with Crippen molar-refractivity contribution in [1.82, 2.24) is 4.90 Å². The van der Waals surface area contributed by atoms with E-state index in [-0.39, 0.29) is 5.82 Å². The molecule has 0 radical (unpaired) electrons. The Hall–Kier alpha value is -0.450. The van der Waals surface area contributed by atoms with E-state index in [2.05, 4.69) is 27.8 Å². The molecule has 0 saturated heterocycles. The third kappa shape index (κ3) is 3.89. The van der Waals surface area contributed by atoms with Gasteiger partial charge in [-0.15, -0.1) is 0 Å². The number of nitrogens with two attached hydrogens (primary N) is 1. The van der Waals surface area contributed by atoms with Crippen LogP contribution >= 0.6 is 15.9 Å². The normalized spacial score (nSPS) is 11.0. The van der Waals surface area contributed by atoms with Crippen LogP contribution in [0.5, 0.6) is 0 Å². The molecular formula is C11H16BrFN2. The molecule has 0 heterocycles. The minimum Gasteiger partial charge on any atom is -0.329 e. The monoisotopic (exact) mass is 274 g/mol. The predicted molar refractivity (Wildman–Crippen MR) is 64.1 cm³/mol. The van der Waals surface area contributed by atoms with E-state index >= 15 is 0 Å². The molecule has 4 heteroatoms. The third-order valence-corrected chi connectivity index (χ3v) is 2.93. The topological polar surface area (TPSA) is 29.3 Å². The largest absolute Gasteiger partial charge is 0.329 e. The third-order valence-electron chi connectivity index (χ3n) is 2.28. The summed E-state index contributed by atoms with van der Waals surface area (Å²) in [5.41, 5.74) is 6.47. The van der Waals surface area contributed by atoms with Gasteiger partial charge in [-0.1, -0.05) is 13.0 Å². The molecule has 0 bridgehead atoms. The van der Waals surface area contributed by atoms with Crippen LogP contribution in [0.15, 0.2) is 22.7 Å². The Morgan fingerprint density at radius 2 is 2.20 bits per heavy atom. The van der Waals surface area contributed by atoms with Crippen molar-refractivity contribution in [2.24, 2.45) is 5.73 Å². The van der Waals surface area contributed by atoms with Crippen molar-refractivity contribution in [1.29, 1.82) is 0 Å². The second kappa shape index (κ2) is 6.20. The van der Waals surface area contributed by atoms with Gasteiger partial charge in [-0.25, -0.2) is 4.39 Å². The molecule has 0 aliphatic heterocycles. The zero-order chi connectivity index (χ0) is 11.3. The van der Waals surface area contributed by atoms with E-state index in [0.717, 1.165) is 25.2 Å². The molecule has 0 aromatic heterocycles. The number of likely N-dealkylation sites (N-methyl/N-ethyl adjacent to an activating group) is 1. The lowest BCUT2D eigenvalue weighted by molar-refractivity contribution is 0.288. The van der Waals surface area contributed by atoms with Gasteiger partial charge in [0.2, 0.25) is 0 Å². The summed E-state index contributed by atoms with van der Waals surface area (Å²) in [6, 6.07) is 5.22. The molecule has 84 valence electrons. The summed E-state index contributed by atoms with van der Waals surface area (Å²) < 4.78 is 13.7. The molecule has 2 N–H and O–H groups in total. The van der Waals surface area contributed by atoms with E-state index in [4.69, 9.17) is 5.73 Å². The van der Waals surface area contributed by atoms with Crippen molar-refractivity contribution in [3.8, 4) is 0 Å². The molecule has 0 aliphatic carbocycles. The maximum atomic E-state index is 13.2. The van der Waals surface area contributed by atoms with Crippen LogP contribution in [0.4, 0.5) is 4.39 Å². The van der Waals surface area contributed by atoms with Crippen molar-refractivity contribution in [3.63, 3.8) is 0 Å². The smallest absolute Gasteiger partial charge is 0.137 e. The first-order chi connectivity index (χ1) is 7.17. The number of nitrogens with zero attached hydrogens (tertiary/aromatic N) is 1. The Balaban J connectivity index is 2.66. The molecule has 0 amide bonds. The number of benzene rings is 1. The van der Waals surface area contributed by atoms with Crippen molar-refractivity contribution < 1.29 is 4.39 Å². The van der Waals surface area contributed by atoms with Crippen molar-refractivity contribution in [2.75, 3.05) is 19.6 Å². The van der Waals surface area contributed by atoms with E-state index < -0.39 is 0 Å². The summed E-state index contributed by atoms with van der Waals surface area (Å²) in [5.74, 6) is -0.212. The van der Waals surface area contributed by atoms with Crippen LogP contribution in [-0.4, -0.2) is 24.5 Å². The summed E-state index contributed by atoms with van der Waals surface area (Å²) in [6.45, 7) is 5.22. The Morgan fingerprint density at radius 3 is 2.73 bits per heavy atom. The second-order valence-electron chi connectivity index (χ2n) is 3.41. The van der Waals surface area contributed by atoms with Gasteiger partial charge in [0.25, 0.3) is 0 Å². The lowest BCUT2D eigenvalue weighted by Crippen LogP contribution is -2.28. The first-order valence-electron chi connectivity index (χ1n) is 5.03. The maximum absolute atomic E-state index is 13.2. The Kier molecular flexibility index (Phi) is 5.22. The Labute approximate surface area is 98.4 Å². The van der Waals surface area contributed by atoms with Crippen LogP contribution in [0.1, 0.15) is 12.5 Å². The first kappa shape index (κ1) is 12.6. The predicted octanol–water partition coefficient (Wildman–Crippen LogP) is 2.37. The number of hydrogen-bond donors (Lipinski definition) is 1. The molecular weight excluding hydrogens is 259 g/mol. The highest BCUT2D eigenvalue weighted by Gasteiger charge is 2.05. The highest BCUT2D eigenvalue weighted by atomic mass is 79.9. The van der Waals surface area contributed by atoms with Crippen LogP contribution in [0.3, 0.4) is 0 Å². The van der Waals surface area contributed by atoms with Crippen LogP contribution in [0.2, 0.25) is 0 Å². The molecule has 1 aromatic rings. The highest BCUT2D eigenvalue weighted by molar-refractivity contribution is 9.10. The molecule has 15 heavy (non-hydrogen) atoms. The highest BCUT2D eigenvalue weighted by Crippen LogP contribution is 2.17. The fraction of sp³-hybridized carbons (Fsp3) is 0.455. The molecule has 2 nitrogen and oxygen atoms in total. The van der Waals surface area contributed by atoms with E-state index in [9.17, 15) is 4.39 Å². The van der Waals surface area contributed by atoms with Gasteiger partial charge in [0.1, 0.15) is 5.82 Å². The zero-order valence-electron chi connectivity index (χ0n) is 8.84. The summed E-state index contributed by atoms with van der Waals surface area (Å²) >= 11 is 3.13. The van der Waals surface area contributed by atoms with E-state index in [0.29, 0.717) is 11.0 Å². The van der Waals surface area contributed by atoms with Gasteiger partial charge in [0.15, 0.2) is 0 Å². The second-order valence-corrected chi connectivity index (χ2v) is 4.26. The lowest BCUT2D eigenvalue weighted by Gasteiger charge is -2.19. The quantitative estimate of drug-likeness (QED) is 0.894. The van der Waals surface area contributed by atoms with Crippen molar-refractivity contribution in [3.05, 3.63) is 34.1 Å². The van der Waals surface area contributed by atoms with Gasteiger partial charge in [-0.3, -0.25) is 4.90 Å². The summed E-state index contributed by atoms with van der Waals surface area (Å²) in [4.78, 5) is 2.18. The molecule has 0 spiro atoms. The molecule has 1 aromatic carbocycles. The van der Waals surface area contributed by atoms with Crippen LogP contribution in [0.25, 0.3) is 0 Å². The standard InChI is InChI=1S/C11H16BrFN2/c1-2-15(6-5-14)8-9-3-4-10(12)11(13)7-9/h3-4,7H,2,5-6,8,14H2,1H3. The van der Waals surface area contributed by atoms with Crippen molar-refractivity contribution in [2.45, 2.75) is 13.5 Å². The van der Waals surface area contributed by atoms with Crippen LogP contribution in [-0.2, 0) is 6.54 Å². The number of halogens is 2. The van der Waals surface area contributed by atoms with Gasteiger partial charge < -0.3 is 5.73 Å². The van der Waals surface area contributed by atoms with Gasteiger partial charge >= 0.3 is 0 Å². The minimum absolute atomic E-state index is 0.212. The van der Waals surface area contributed by atoms with Gasteiger partial charge in [0, 0.05) is 19.6 Å². The molecule has 0 atom stereocenters. The van der Waals surface area contributed by atoms with Gasteiger partial charge in [0.05, 0.1) is 4.47 Å². The van der Waals surface area contributed by atoms with Gasteiger partial charge in [-0.2, -0.15) is 0 Å². The summed E-state index contributed by atoms with van der Waals surface area (Å²) in [7, 11) is 0. The van der Waals surface area contributed by atoms with E-state index in [1.165, 1.54) is 0 Å². The first-order valence-corrected chi connectivity index (χ1v) is 5.83. The number of rotatable bonds is 5. The molecule has 0 fully saturated rings. The van der Waals surface area contributed by atoms with Gasteiger partial charge in [-0.05, 0) is 40.2 Å². The molecule has 0 saturated carbocycles. The summed E-state index contributed by atoms with van der Waals surface area (Å²) in [5, 5.41) is 0. The van der Waals surface area contributed by atoms with E-state index in [1.54, 1.807) is 12.1 Å². The van der Waals surface area contributed by atoms with E-state index in [1.807, 2.05) is 6.07 Å². The molecule has 0 unspecified atom stereocenters. The van der Waals surface area contributed by atoms with Crippen LogP contribution in [0, 0.1) is 5.82 Å². The summed E-state index contributed by atoms with van der Waals surface area (Å²) in [6.07, 6.45) is 0. The zero-order valence-corrected chi connectivity index (χ0v) is 10.4. The van der Waals surface area contributed by atoms with Crippen molar-refractivity contribution >= 4 is 15.9 Å². The van der Waals surface area contributed by atoms with Crippen LogP contribution < -0.4 is 5.73 Å². The Bertz CT molecular complexity index is 317. The average Bonchev–Trinajstić information content (AvgIpc) is 2.23. The lowest BCUT2D eigenvalue weighted by atomic mass is 10.2. The fourth-order valence-corrected chi connectivity index (χ4v) is 1.67. The SMILES string of the molecule is CCN(CCN)Cc1ccc(Br)c(F)c1. The molecule has 1 rings (SSSR count). The number of hydrogen-bond acceptors (Lipinski definition) is 2. The average molecular weight is 275 g/mol.